The van der Waals surface area contributed by atoms with Gasteiger partial charge in [0.15, 0.2) is 0 Å². The van der Waals surface area contributed by atoms with E-state index >= 15 is 0 Å². The summed E-state index contributed by atoms with van der Waals surface area (Å²) < 4.78 is 19.5. The first-order chi connectivity index (χ1) is 37.9. The van der Waals surface area contributed by atoms with E-state index in [1.54, 1.807) is 6.92 Å². The molecule has 3 N–H and O–H groups in total. The van der Waals surface area contributed by atoms with Gasteiger partial charge < -0.3 is 34.7 Å². The third-order valence-electron chi connectivity index (χ3n) is 15.0. The molecule has 6 heterocycles. The van der Waals surface area contributed by atoms with Gasteiger partial charge in [0, 0.05) is 102 Å². The van der Waals surface area contributed by atoms with Crippen LogP contribution in [0, 0.1) is 50.4 Å². The van der Waals surface area contributed by atoms with Crippen LogP contribution in [0.15, 0.2) is 72.8 Å². The van der Waals surface area contributed by atoms with Gasteiger partial charge >= 0.3 is 11.9 Å². The average molecular weight is 1060 g/mol. The van der Waals surface area contributed by atoms with E-state index in [-0.39, 0.29) is 17.7 Å². The second-order valence-corrected chi connectivity index (χ2v) is 20.3. The maximum absolute atomic E-state index is 13.6. The Morgan fingerprint density at radius 2 is 1.04 bits per heavy atom. The number of carbonyl (C=O) groups excluding carboxylic acids is 5. The molecule has 4 aliphatic heterocycles. The van der Waals surface area contributed by atoms with Crippen molar-refractivity contribution in [2.24, 2.45) is 0 Å². The number of aryl methyl sites for hydroxylation is 4. The number of hydrogen-bond acceptors (Lipinski definition) is 11. The van der Waals surface area contributed by atoms with Crippen LogP contribution in [0.25, 0.3) is 22.8 Å². The molecule has 4 aromatic carbocycles. The lowest BCUT2D eigenvalue weighted by molar-refractivity contribution is -0.156. The third kappa shape index (κ3) is 13.8. The predicted octanol–water partition coefficient (Wildman–Crippen LogP) is 9.40. The molecule has 2 fully saturated rings. The fourth-order valence-electron chi connectivity index (χ4n) is 10.7. The number of imidazole rings is 2. The van der Waals surface area contributed by atoms with Gasteiger partial charge in [0.2, 0.25) is 5.91 Å². The number of halogens is 1. The van der Waals surface area contributed by atoms with Crippen LogP contribution in [0.2, 0.25) is 0 Å². The van der Waals surface area contributed by atoms with Crippen molar-refractivity contribution in [2.45, 2.75) is 112 Å². The first-order valence-electron chi connectivity index (χ1n) is 27.1. The lowest BCUT2D eigenvalue weighted by Crippen LogP contribution is -2.38. The topological polar surface area (TPSA) is 221 Å². The summed E-state index contributed by atoms with van der Waals surface area (Å²) in [7, 11) is -1.00. The van der Waals surface area contributed by atoms with E-state index in [1.165, 1.54) is 25.0 Å². The van der Waals surface area contributed by atoms with Crippen molar-refractivity contribution in [3.63, 3.8) is 0 Å². The fraction of sp³-hybridized carbons (Fsp3) is 0.393. The zero-order valence-corrected chi connectivity index (χ0v) is 45.6. The van der Waals surface area contributed by atoms with Crippen LogP contribution in [0.5, 0.6) is 0 Å². The number of carbonyl (C=O) groups is 5. The summed E-state index contributed by atoms with van der Waals surface area (Å²) in [6, 6.07) is 28.2. The van der Waals surface area contributed by atoms with Crippen molar-refractivity contribution in [3.8, 4) is 34.9 Å². The summed E-state index contributed by atoms with van der Waals surface area (Å²) >= 11 is 0. The SMILES string of the molecule is CC(=O)N1CCc2nc(-c3cc(C(=O)N4CCC(c5ccc(C#N)cc5)CC4)c(C)cc3C)[nH]c2C1.CC(=O)OC(C)=O.Cc1cc(C)c(-c2nc3c([nH]2)CNCC3)cc1C(=O)N1CCC(c2ccc(C#N)cc2)CC1.[2H]CF. The number of H-pyrrole nitrogens is 2. The summed E-state index contributed by atoms with van der Waals surface area (Å²) in [6.45, 7) is 18.0. The van der Waals surface area contributed by atoms with Gasteiger partial charge in [-0.15, -0.1) is 0 Å². The number of amides is 3. The second kappa shape index (κ2) is 26.2. The molecule has 0 bridgehead atoms. The number of hydrogen-bond donors (Lipinski definition) is 3. The van der Waals surface area contributed by atoms with E-state index in [2.05, 4.69) is 63.3 Å². The molecule has 2 aromatic heterocycles. The molecular formula is C61H69FN10O6. The van der Waals surface area contributed by atoms with E-state index in [0.717, 1.165) is 138 Å². The highest BCUT2D eigenvalue weighted by Crippen LogP contribution is 2.34. The Balaban J connectivity index is 0.000000196. The molecule has 0 saturated carbocycles. The molecule has 0 atom stereocenters. The summed E-state index contributed by atoms with van der Waals surface area (Å²) in [5.74, 6) is 1.56. The highest BCUT2D eigenvalue weighted by atomic mass is 19.1. The van der Waals surface area contributed by atoms with E-state index in [1.807, 2.05) is 84.0 Å². The lowest BCUT2D eigenvalue weighted by Gasteiger charge is -2.32. The van der Waals surface area contributed by atoms with Gasteiger partial charge in [-0.3, -0.25) is 28.4 Å². The standard InChI is InChI=1S/C29H31N5O2.C27H29N5O.C4H6O3.CH3F/c1-18-14-19(2)25(15-24(18)28-31-26-10-13-34(20(3)35)17-27(26)32-28)29(36)33-11-8-23(9-12-33)22-6-4-21(16-30)5-7-22;1-17-13-18(2)23(14-22(17)26-30-24-7-10-29-16-25(24)31-26)27(33)32-11-8-21(9-12-32)20-5-3-19(15-28)4-6-20;1-3(5)7-4(2)6;1-2/h4-7,14-15,23H,8-13,17H2,1-3H3,(H,31,32);3-6,13-14,21,29H,7-12,16H2,1-2H3,(H,30,31);1-2H3;1H3/i;;;1D. The van der Waals surface area contributed by atoms with Gasteiger partial charge in [-0.05, 0) is 135 Å². The van der Waals surface area contributed by atoms with Crippen LogP contribution in [-0.4, -0.2) is 111 Å². The number of aromatic nitrogens is 4. The Hall–Kier alpha value is -8.28. The number of nitrogens with one attached hydrogen (secondary N) is 3. The molecule has 78 heavy (non-hydrogen) atoms. The Bertz CT molecular complexity index is 3230. The highest BCUT2D eigenvalue weighted by molar-refractivity contribution is 5.98. The minimum Gasteiger partial charge on any atom is -0.394 e. The number of nitriles is 2. The quantitative estimate of drug-likeness (QED) is 0.105. The highest BCUT2D eigenvalue weighted by Gasteiger charge is 2.29. The van der Waals surface area contributed by atoms with Crippen molar-refractivity contribution in [2.75, 3.05) is 46.4 Å². The first kappa shape index (κ1) is 55.9. The van der Waals surface area contributed by atoms with Crippen molar-refractivity contribution in [1.29, 1.82) is 10.5 Å². The van der Waals surface area contributed by atoms with Crippen molar-refractivity contribution < 1.29 is 34.5 Å². The molecule has 0 radical (unpaired) electrons. The Labute approximate surface area is 457 Å². The number of nitrogens with zero attached hydrogens (tertiary/aromatic N) is 7. The molecule has 2 saturated heterocycles. The summed E-state index contributed by atoms with van der Waals surface area (Å²) in [4.78, 5) is 80.8. The predicted molar refractivity (Wildman–Crippen MR) is 295 cm³/mol. The van der Waals surface area contributed by atoms with Crippen molar-refractivity contribution in [1.82, 2.24) is 40.0 Å². The zero-order chi connectivity index (χ0) is 56.9. The minimum absolute atomic E-state index is 0.0612. The number of esters is 2. The molecule has 4 aliphatic rings. The number of piperidine rings is 2. The average Bonchev–Trinajstić information content (AvgIpc) is 4.13. The molecule has 6 aromatic rings. The molecule has 3 amide bonds. The van der Waals surface area contributed by atoms with Gasteiger partial charge in [0.25, 0.3) is 11.8 Å². The fourth-order valence-corrected chi connectivity index (χ4v) is 10.7. The monoisotopic (exact) mass is 1060 g/mol. The number of aromatic amines is 2. The van der Waals surface area contributed by atoms with Crippen LogP contribution >= 0.6 is 0 Å². The largest absolute Gasteiger partial charge is 0.394 e. The third-order valence-corrected chi connectivity index (χ3v) is 15.0. The van der Waals surface area contributed by atoms with Crippen LogP contribution in [0.1, 0.15) is 148 Å². The van der Waals surface area contributed by atoms with Gasteiger partial charge in [-0.25, -0.2) is 9.97 Å². The van der Waals surface area contributed by atoms with Crippen molar-refractivity contribution >= 4 is 29.7 Å². The van der Waals surface area contributed by atoms with Gasteiger partial charge in [0.1, 0.15) is 11.6 Å². The van der Waals surface area contributed by atoms with Crippen LogP contribution in [0.4, 0.5) is 4.39 Å². The number of likely N-dealkylation sites (tertiary alicyclic amines) is 2. The summed E-state index contributed by atoms with van der Waals surface area (Å²) in [5, 5.41) is 21.4. The van der Waals surface area contributed by atoms with Gasteiger partial charge in [-0.2, -0.15) is 10.5 Å². The Kier molecular flexibility index (Phi) is 18.8. The summed E-state index contributed by atoms with van der Waals surface area (Å²) in [5.41, 5.74) is 15.7. The molecule has 0 aliphatic carbocycles. The number of alkyl halides is 1. The van der Waals surface area contributed by atoms with E-state index < -0.39 is 19.1 Å². The van der Waals surface area contributed by atoms with Crippen molar-refractivity contribution in [3.05, 3.63) is 151 Å². The molecule has 17 heteroatoms. The number of ether oxygens (including phenoxy) is 1. The Morgan fingerprint density at radius 3 is 1.42 bits per heavy atom. The number of rotatable bonds is 6. The van der Waals surface area contributed by atoms with Gasteiger partial charge in [0.05, 0.1) is 61.1 Å². The lowest BCUT2D eigenvalue weighted by atomic mass is 9.88. The summed E-state index contributed by atoms with van der Waals surface area (Å²) in [6.07, 6.45) is 5.35. The second-order valence-electron chi connectivity index (χ2n) is 20.3. The zero-order valence-electron chi connectivity index (χ0n) is 46.6. The smallest absolute Gasteiger partial charge is 0.310 e. The Morgan fingerprint density at radius 1 is 0.615 bits per heavy atom. The van der Waals surface area contributed by atoms with E-state index in [0.29, 0.717) is 54.7 Å². The molecule has 0 spiro atoms. The van der Waals surface area contributed by atoms with Crippen LogP contribution in [0.3, 0.4) is 0 Å². The number of fused-ring (bicyclic) bond motifs is 2. The minimum atomic E-state index is -1.00. The molecule has 406 valence electrons. The molecular weight excluding hydrogens is 988 g/mol. The maximum Gasteiger partial charge on any atom is 0.310 e. The van der Waals surface area contributed by atoms with Crippen LogP contribution in [-0.2, 0) is 45.1 Å². The normalized spacial score (nSPS) is 15.2. The molecule has 10 rings (SSSR count). The molecule has 16 nitrogen and oxygen atoms in total. The van der Waals surface area contributed by atoms with E-state index in [9.17, 15) is 28.4 Å². The molecule has 0 unspecified atom stereocenters. The maximum atomic E-state index is 13.6. The first-order valence-corrected chi connectivity index (χ1v) is 26.4. The van der Waals surface area contributed by atoms with Crippen LogP contribution < -0.4 is 5.32 Å². The number of benzene rings is 4. The van der Waals surface area contributed by atoms with E-state index in [4.69, 9.17) is 21.9 Å². The van der Waals surface area contributed by atoms with Gasteiger partial charge in [-0.1, -0.05) is 36.4 Å².